The van der Waals surface area contributed by atoms with Gasteiger partial charge in [0.15, 0.2) is 5.78 Å². The third-order valence-corrected chi connectivity index (χ3v) is 5.35. The molecule has 0 radical (unpaired) electrons. The zero-order chi connectivity index (χ0) is 20.3. The molecular weight excluding hydrogens is 356 g/mol. The number of carbonyl (C=O) groups excluding carboxylic acids is 3. The van der Waals surface area contributed by atoms with E-state index >= 15 is 0 Å². The number of Topliss-reactive ketones (excluding diaryl/α,β-unsaturated/α-hetero) is 1. The van der Waals surface area contributed by atoms with Crippen LogP contribution in [0.4, 0.5) is 0 Å². The quantitative estimate of drug-likeness (QED) is 0.817. The fourth-order valence-corrected chi connectivity index (χ4v) is 3.94. The molecule has 0 bridgehead atoms. The van der Waals surface area contributed by atoms with Crippen LogP contribution in [0.1, 0.15) is 49.0 Å². The van der Waals surface area contributed by atoms with Crippen LogP contribution in [0, 0.1) is 5.92 Å². The van der Waals surface area contributed by atoms with Crippen LogP contribution in [0.15, 0.2) is 30.8 Å². The number of likely N-dealkylation sites (tertiary alicyclic amines) is 1. The summed E-state index contributed by atoms with van der Waals surface area (Å²) in [4.78, 5) is 39.9. The highest BCUT2D eigenvalue weighted by Gasteiger charge is 2.45. The normalized spacial score (nSPS) is 22.7. The average Bonchev–Trinajstić information content (AvgIpc) is 3.08. The van der Waals surface area contributed by atoms with Crippen LogP contribution in [-0.2, 0) is 14.3 Å². The van der Waals surface area contributed by atoms with Gasteiger partial charge in [-0.1, -0.05) is 38.6 Å². The van der Waals surface area contributed by atoms with Gasteiger partial charge < -0.3 is 15.0 Å². The lowest BCUT2D eigenvalue weighted by Gasteiger charge is -2.37. The second kappa shape index (κ2) is 8.69. The van der Waals surface area contributed by atoms with Crippen molar-refractivity contribution in [1.82, 2.24) is 10.2 Å². The summed E-state index contributed by atoms with van der Waals surface area (Å²) in [6, 6.07) is 5.87. The molecule has 0 aromatic heterocycles. The highest BCUT2D eigenvalue weighted by molar-refractivity contribution is 5.99. The zero-order valence-electron chi connectivity index (χ0n) is 16.5. The predicted octanol–water partition coefficient (Wildman–Crippen LogP) is 2.43. The summed E-state index contributed by atoms with van der Waals surface area (Å²) < 4.78 is 5.54. The van der Waals surface area contributed by atoms with Crippen molar-refractivity contribution in [2.45, 2.75) is 51.3 Å². The Morgan fingerprint density at radius 3 is 2.68 bits per heavy atom. The Morgan fingerprint density at radius 2 is 2.04 bits per heavy atom. The van der Waals surface area contributed by atoms with Crippen molar-refractivity contribution in [2.24, 2.45) is 5.92 Å². The van der Waals surface area contributed by atoms with Gasteiger partial charge in [0.1, 0.15) is 18.7 Å². The van der Waals surface area contributed by atoms with Crippen LogP contribution in [0.2, 0.25) is 0 Å². The molecule has 6 heteroatoms. The molecule has 2 aliphatic heterocycles. The monoisotopic (exact) mass is 384 g/mol. The van der Waals surface area contributed by atoms with E-state index in [1.165, 1.54) is 0 Å². The van der Waals surface area contributed by atoms with E-state index in [0.29, 0.717) is 18.5 Å². The van der Waals surface area contributed by atoms with E-state index < -0.39 is 12.1 Å². The van der Waals surface area contributed by atoms with E-state index in [4.69, 9.17) is 4.74 Å². The molecule has 2 heterocycles. The van der Waals surface area contributed by atoms with Crippen LogP contribution < -0.4 is 5.32 Å². The van der Waals surface area contributed by atoms with Crippen molar-refractivity contribution in [1.29, 1.82) is 0 Å². The lowest BCUT2D eigenvalue weighted by molar-refractivity contribution is -0.142. The molecule has 2 fully saturated rings. The maximum atomic E-state index is 13.3. The number of nitrogens with one attached hydrogen (secondary N) is 1. The van der Waals surface area contributed by atoms with Gasteiger partial charge >= 0.3 is 0 Å². The maximum absolute atomic E-state index is 13.3. The third-order valence-electron chi connectivity index (χ3n) is 5.35. The summed E-state index contributed by atoms with van der Waals surface area (Å²) in [6.07, 6.45) is 3.59. The molecule has 0 spiro atoms. The van der Waals surface area contributed by atoms with Crippen LogP contribution in [-0.4, -0.2) is 53.8 Å². The minimum atomic E-state index is -0.668. The van der Waals surface area contributed by atoms with E-state index in [0.717, 1.165) is 18.4 Å². The number of nitrogens with zero attached hydrogens (tertiary/aromatic N) is 1. The number of hydrogen-bond donors (Lipinski definition) is 1. The number of hydrogen-bond acceptors (Lipinski definition) is 4. The Labute approximate surface area is 165 Å². The lowest BCUT2D eigenvalue weighted by Crippen LogP contribution is -2.58. The summed E-state index contributed by atoms with van der Waals surface area (Å²) in [7, 11) is 0. The highest BCUT2D eigenvalue weighted by atomic mass is 16.5. The molecule has 6 nitrogen and oxygen atoms in total. The molecule has 1 aromatic carbocycles. The van der Waals surface area contributed by atoms with Crippen molar-refractivity contribution in [3.8, 4) is 0 Å². The Kier molecular flexibility index (Phi) is 6.29. The first-order chi connectivity index (χ1) is 13.4. The number of ketones is 1. The van der Waals surface area contributed by atoms with Crippen LogP contribution in [0.3, 0.4) is 0 Å². The van der Waals surface area contributed by atoms with Gasteiger partial charge in [0.25, 0.3) is 5.91 Å². The molecule has 1 N–H and O–H groups in total. The van der Waals surface area contributed by atoms with Crippen LogP contribution in [0.25, 0.3) is 6.08 Å². The number of ether oxygens (including phenoxy) is 1. The summed E-state index contributed by atoms with van der Waals surface area (Å²) in [5.74, 6) is -0.323. The number of rotatable bonds is 6. The first-order valence-corrected chi connectivity index (χ1v) is 9.89. The Hall–Kier alpha value is -2.47. The Morgan fingerprint density at radius 1 is 1.32 bits per heavy atom. The number of amides is 2. The molecule has 1 aromatic rings. The molecule has 0 saturated carbocycles. The van der Waals surface area contributed by atoms with Crippen molar-refractivity contribution in [2.75, 3.05) is 13.2 Å². The molecule has 3 atom stereocenters. The molecule has 2 amide bonds. The molecule has 150 valence electrons. The average molecular weight is 384 g/mol. The third kappa shape index (κ3) is 4.33. The molecule has 0 aliphatic carbocycles. The topological polar surface area (TPSA) is 75.7 Å². The molecule has 2 saturated heterocycles. The SMILES string of the molecule is C=Cc1ccc(C(=O)NC(CC(C)C)C(=O)N2CCCC3OCC(=O)C32)cc1. The van der Waals surface area contributed by atoms with Gasteiger partial charge in [-0.3, -0.25) is 14.4 Å². The summed E-state index contributed by atoms with van der Waals surface area (Å²) in [5, 5.41) is 2.89. The predicted molar refractivity (Wildman–Crippen MR) is 107 cm³/mol. The van der Waals surface area contributed by atoms with E-state index in [1.807, 2.05) is 26.0 Å². The smallest absolute Gasteiger partial charge is 0.251 e. The van der Waals surface area contributed by atoms with Gasteiger partial charge in [-0.15, -0.1) is 0 Å². The van der Waals surface area contributed by atoms with Gasteiger partial charge in [-0.25, -0.2) is 0 Å². The van der Waals surface area contributed by atoms with Crippen LogP contribution >= 0.6 is 0 Å². The zero-order valence-corrected chi connectivity index (χ0v) is 16.5. The lowest BCUT2D eigenvalue weighted by atomic mass is 9.95. The summed E-state index contributed by atoms with van der Waals surface area (Å²) in [5.41, 5.74) is 1.41. The Bertz CT molecular complexity index is 756. The number of benzene rings is 1. The van der Waals surface area contributed by atoms with E-state index in [2.05, 4.69) is 11.9 Å². The Balaban J connectivity index is 1.76. The summed E-state index contributed by atoms with van der Waals surface area (Å²) >= 11 is 0. The van der Waals surface area contributed by atoms with E-state index in [-0.39, 0.29) is 36.2 Å². The van der Waals surface area contributed by atoms with Crippen molar-refractivity contribution in [3.63, 3.8) is 0 Å². The van der Waals surface area contributed by atoms with Gasteiger partial charge in [0.05, 0.1) is 6.10 Å². The highest BCUT2D eigenvalue weighted by Crippen LogP contribution is 2.27. The van der Waals surface area contributed by atoms with Crippen molar-refractivity contribution in [3.05, 3.63) is 42.0 Å². The second-order valence-electron chi connectivity index (χ2n) is 7.92. The summed E-state index contributed by atoms with van der Waals surface area (Å²) in [6.45, 7) is 8.31. The minimum Gasteiger partial charge on any atom is -0.368 e. The fourth-order valence-electron chi connectivity index (χ4n) is 3.94. The van der Waals surface area contributed by atoms with Crippen molar-refractivity contribution >= 4 is 23.7 Å². The van der Waals surface area contributed by atoms with Gasteiger partial charge in [0.2, 0.25) is 5.91 Å². The standard InChI is InChI=1S/C22H28N2O4/c1-4-15-7-9-16(10-8-15)21(26)23-17(12-14(2)3)22(27)24-11-5-6-19-20(24)18(25)13-28-19/h4,7-10,14,17,19-20H,1,5-6,11-13H2,2-3H3,(H,23,26). The van der Waals surface area contributed by atoms with Gasteiger partial charge in [0, 0.05) is 12.1 Å². The number of piperidine rings is 1. The number of fused-ring (bicyclic) bond motifs is 1. The molecule has 2 aliphatic rings. The van der Waals surface area contributed by atoms with Crippen molar-refractivity contribution < 1.29 is 19.1 Å². The maximum Gasteiger partial charge on any atom is 0.251 e. The largest absolute Gasteiger partial charge is 0.368 e. The van der Waals surface area contributed by atoms with E-state index in [9.17, 15) is 14.4 Å². The molecule has 3 rings (SSSR count). The second-order valence-corrected chi connectivity index (χ2v) is 7.92. The molecular formula is C22H28N2O4. The first kappa shape index (κ1) is 20.3. The fraction of sp³-hybridized carbons (Fsp3) is 0.500. The van der Waals surface area contributed by atoms with Gasteiger partial charge in [-0.05, 0) is 42.9 Å². The molecule has 28 heavy (non-hydrogen) atoms. The van der Waals surface area contributed by atoms with Crippen LogP contribution in [0.5, 0.6) is 0 Å². The number of carbonyl (C=O) groups is 3. The van der Waals surface area contributed by atoms with Gasteiger partial charge in [-0.2, -0.15) is 0 Å². The first-order valence-electron chi connectivity index (χ1n) is 9.89. The minimum absolute atomic E-state index is 0.0484. The molecule has 3 unspecified atom stereocenters. The van der Waals surface area contributed by atoms with E-state index in [1.54, 1.807) is 23.1 Å².